The molecule has 0 bridgehead atoms. The summed E-state index contributed by atoms with van der Waals surface area (Å²) < 4.78 is 4.29. The van der Waals surface area contributed by atoms with Crippen molar-refractivity contribution in [1.29, 1.82) is 0 Å². The topological polar surface area (TPSA) is 6.48 Å². The van der Waals surface area contributed by atoms with E-state index in [1.165, 1.54) is 54.7 Å². The largest absolute Gasteiger partial charge is 0.347 e. The molecule has 5 rings (SSSR count). The molecule has 0 unspecified atom stereocenters. The Labute approximate surface area is 185 Å². The van der Waals surface area contributed by atoms with E-state index in [-0.39, 0.29) is 31.8 Å². The molecule has 3 heteroatoms. The Hall–Kier alpha value is -1.62. The number of benzene rings is 2. The van der Waals surface area contributed by atoms with E-state index in [1.807, 2.05) is 0 Å². The maximum absolute atomic E-state index is 2.63. The second-order valence-electron chi connectivity index (χ2n) is 9.30. The Kier molecular flexibility index (Phi) is 4.65. The molecule has 2 nitrogen and oxygen atoms in total. The first-order valence-corrected chi connectivity index (χ1v) is 12.9. The zero-order valence-corrected chi connectivity index (χ0v) is 20.2. The van der Waals surface area contributed by atoms with Crippen molar-refractivity contribution in [2.24, 2.45) is 0 Å². The molecule has 0 aromatic heterocycles. The molecule has 2 aromatic carbocycles. The smallest absolute Gasteiger partial charge is 0.0491 e. The number of hydrogen-bond donors (Lipinski definition) is 0. The Morgan fingerprint density at radius 2 is 1.45 bits per heavy atom. The Bertz CT molecular complexity index is 1010. The summed E-state index contributed by atoms with van der Waals surface area (Å²) in [6.45, 7) is 4.79. The molecule has 2 aliphatic heterocycles. The van der Waals surface area contributed by atoms with Crippen molar-refractivity contribution in [3.05, 3.63) is 71.4 Å². The van der Waals surface area contributed by atoms with Crippen LogP contribution in [0.1, 0.15) is 57.1 Å². The zero-order valence-electron chi connectivity index (χ0n) is 18.0. The molecular weight excluding hydrogens is 467 g/mol. The number of rotatable bonds is 1. The highest BCUT2D eigenvalue weighted by atomic mass is 127. The van der Waals surface area contributed by atoms with E-state index in [9.17, 15) is 0 Å². The summed E-state index contributed by atoms with van der Waals surface area (Å²) in [5, 5.41) is 0. The van der Waals surface area contributed by atoms with Crippen LogP contribution in [0.15, 0.2) is 60.3 Å². The van der Waals surface area contributed by atoms with Crippen LogP contribution < -0.4 is 8.01 Å². The normalized spacial score (nSPS) is 23.4. The van der Waals surface area contributed by atoms with Gasteiger partial charge in [-0.05, 0) is 42.2 Å². The predicted octanol–water partition coefficient (Wildman–Crippen LogP) is 6.71. The van der Waals surface area contributed by atoms with Gasteiger partial charge < -0.3 is 8.01 Å². The van der Waals surface area contributed by atoms with Crippen LogP contribution >= 0.6 is 21.0 Å². The van der Waals surface area contributed by atoms with Gasteiger partial charge >= 0.3 is 0 Å². The van der Waals surface area contributed by atoms with Gasteiger partial charge in [-0.25, -0.2) is 0 Å². The second-order valence-corrected chi connectivity index (χ2v) is 12.4. The first-order chi connectivity index (χ1) is 13.9. The van der Waals surface area contributed by atoms with Gasteiger partial charge in [-0.3, -0.25) is 0 Å². The summed E-state index contributed by atoms with van der Waals surface area (Å²) in [5.74, 6) is 0. The number of para-hydroxylation sites is 2. The average Bonchev–Trinajstić information content (AvgIpc) is 2.94. The molecule has 2 aromatic rings. The number of allylic oxidation sites excluding steroid dienone is 2. The fourth-order valence-corrected chi connectivity index (χ4v) is 8.93. The number of halogens is 1. The summed E-state index contributed by atoms with van der Waals surface area (Å²) in [6.07, 6.45) is 9.35. The SMILES string of the molecule is CN1I=C(C=C2N(C)c3ccccc3C2(C)C)C2(CCCCC2)c2ccccc21. The summed E-state index contributed by atoms with van der Waals surface area (Å²) in [5.41, 5.74) is 7.65. The fraction of sp³-hybridized carbons (Fsp3) is 0.423. The van der Waals surface area contributed by atoms with Gasteiger partial charge in [-0.15, -0.1) is 0 Å². The van der Waals surface area contributed by atoms with Gasteiger partial charge in [0.25, 0.3) is 0 Å². The van der Waals surface area contributed by atoms with Gasteiger partial charge in [0.05, 0.1) is 0 Å². The van der Waals surface area contributed by atoms with Gasteiger partial charge in [0.2, 0.25) is 0 Å². The molecule has 0 atom stereocenters. The van der Waals surface area contributed by atoms with E-state index in [0.29, 0.717) is 0 Å². The Morgan fingerprint density at radius 3 is 2.14 bits per heavy atom. The van der Waals surface area contributed by atoms with E-state index in [2.05, 4.69) is 90.6 Å². The third kappa shape index (κ3) is 2.83. The molecule has 29 heavy (non-hydrogen) atoms. The highest BCUT2D eigenvalue weighted by Gasteiger charge is 2.44. The molecule has 0 radical (unpaired) electrons. The molecule has 0 amide bonds. The van der Waals surface area contributed by atoms with E-state index >= 15 is 0 Å². The van der Waals surface area contributed by atoms with E-state index in [1.54, 1.807) is 9.07 Å². The summed E-state index contributed by atoms with van der Waals surface area (Å²) in [4.78, 5) is 2.45. The summed E-state index contributed by atoms with van der Waals surface area (Å²) >= 11 is -0.187. The van der Waals surface area contributed by atoms with Crippen LogP contribution in [0.3, 0.4) is 0 Å². The van der Waals surface area contributed by atoms with Crippen LogP contribution in [-0.4, -0.2) is 17.6 Å². The molecule has 152 valence electrons. The number of nitrogens with zero attached hydrogens (tertiary/aromatic N) is 2. The molecule has 1 fully saturated rings. The van der Waals surface area contributed by atoms with E-state index in [4.69, 9.17) is 0 Å². The summed E-state index contributed by atoms with van der Waals surface area (Å²) in [7, 11) is 4.56. The molecule has 1 aliphatic carbocycles. The number of anilines is 2. The van der Waals surface area contributed by atoms with Gasteiger partial charge in [-0.2, -0.15) is 0 Å². The van der Waals surface area contributed by atoms with Crippen LogP contribution in [0.25, 0.3) is 0 Å². The first kappa shape index (κ1) is 19.3. The minimum absolute atomic E-state index is 0.0491. The van der Waals surface area contributed by atoms with Crippen molar-refractivity contribution in [3.63, 3.8) is 0 Å². The minimum atomic E-state index is -0.187. The maximum atomic E-state index is 2.63. The number of hydrogen-bond acceptors (Lipinski definition) is 2. The molecule has 0 saturated heterocycles. The van der Waals surface area contributed by atoms with Gasteiger partial charge in [0, 0.05) is 66.5 Å². The van der Waals surface area contributed by atoms with E-state index < -0.39 is 0 Å². The second kappa shape index (κ2) is 6.97. The Morgan fingerprint density at radius 1 is 0.828 bits per heavy atom. The minimum Gasteiger partial charge on any atom is -0.347 e. The molecule has 1 spiro atoms. The van der Waals surface area contributed by atoms with Gasteiger partial charge in [0.15, 0.2) is 0 Å². The zero-order chi connectivity index (χ0) is 20.2. The van der Waals surface area contributed by atoms with Crippen LogP contribution in [0.4, 0.5) is 11.4 Å². The van der Waals surface area contributed by atoms with Crippen LogP contribution in [-0.2, 0) is 10.8 Å². The summed E-state index contributed by atoms with van der Waals surface area (Å²) in [6, 6.07) is 18.2. The Balaban J connectivity index is 1.68. The fourth-order valence-electron chi connectivity index (χ4n) is 5.74. The van der Waals surface area contributed by atoms with Crippen molar-refractivity contribution in [3.8, 4) is 0 Å². The monoisotopic (exact) mass is 498 g/mol. The van der Waals surface area contributed by atoms with Crippen molar-refractivity contribution in [2.75, 3.05) is 22.1 Å². The molecule has 2 heterocycles. The lowest BCUT2D eigenvalue weighted by atomic mass is 9.66. The molecule has 1 saturated carbocycles. The highest BCUT2D eigenvalue weighted by molar-refractivity contribution is 14.2. The standard InChI is InChI=1S/C26H31IN2/c1-25(2)19-12-6-8-14-21(19)28(3)24(25)18-23-26(16-10-5-11-17-26)20-13-7-9-15-22(20)29(4)27-23/h6-9,12-15,18H,5,10-11,16-17H2,1-4H3. The van der Waals surface area contributed by atoms with Crippen LogP contribution in [0, 0.1) is 0 Å². The van der Waals surface area contributed by atoms with Crippen LogP contribution in [0.2, 0.25) is 0 Å². The lowest BCUT2D eigenvalue weighted by Crippen LogP contribution is -2.41. The number of fused-ring (bicyclic) bond motifs is 3. The van der Waals surface area contributed by atoms with E-state index in [0.717, 1.165) is 0 Å². The maximum Gasteiger partial charge on any atom is 0.0491 e. The first-order valence-electron chi connectivity index (χ1n) is 10.9. The number of likely N-dealkylation sites (N-methyl/N-ethyl adjacent to an activating group) is 1. The van der Waals surface area contributed by atoms with Crippen molar-refractivity contribution in [1.82, 2.24) is 0 Å². The van der Waals surface area contributed by atoms with Crippen molar-refractivity contribution < 1.29 is 0 Å². The highest BCUT2D eigenvalue weighted by Crippen LogP contribution is 2.52. The molecular formula is C26H31IN2. The third-order valence-corrected chi connectivity index (χ3v) is 10.4. The van der Waals surface area contributed by atoms with Gasteiger partial charge in [0.1, 0.15) is 0 Å². The lowest BCUT2D eigenvalue weighted by Gasteiger charge is -2.44. The average molecular weight is 498 g/mol. The van der Waals surface area contributed by atoms with Gasteiger partial charge in [-0.1, -0.05) is 69.5 Å². The quantitative estimate of drug-likeness (QED) is 0.319. The third-order valence-electron chi connectivity index (χ3n) is 7.34. The van der Waals surface area contributed by atoms with Crippen molar-refractivity contribution >= 4 is 35.9 Å². The molecule has 0 N–H and O–H groups in total. The lowest BCUT2D eigenvalue weighted by molar-refractivity contribution is 0.385. The predicted molar refractivity (Wildman–Crippen MR) is 135 cm³/mol. The van der Waals surface area contributed by atoms with Crippen molar-refractivity contribution in [2.45, 2.75) is 56.8 Å². The molecule has 3 aliphatic rings. The van der Waals surface area contributed by atoms with Crippen LogP contribution in [0.5, 0.6) is 0 Å².